The van der Waals surface area contributed by atoms with Gasteiger partial charge in [0.25, 0.3) is 0 Å². The number of carbonyl (C=O) groups excluding carboxylic acids is 1. The number of esters is 1. The Kier molecular flexibility index (Phi) is 4.50. The van der Waals surface area contributed by atoms with Crippen molar-refractivity contribution < 1.29 is 13.9 Å². The Bertz CT molecular complexity index is 642. The highest BCUT2D eigenvalue weighted by atomic mass is 35.5. The number of benzene rings is 1. The maximum Gasteiger partial charge on any atom is 0.374 e. The van der Waals surface area contributed by atoms with Gasteiger partial charge in [-0.25, -0.2) is 4.79 Å². The molecule has 0 amide bonds. The van der Waals surface area contributed by atoms with Crippen molar-refractivity contribution in [1.29, 1.82) is 0 Å². The number of nitrogens with zero attached hydrogens (tertiary/aromatic N) is 1. The highest BCUT2D eigenvalue weighted by molar-refractivity contribution is 6.30. The van der Waals surface area contributed by atoms with Crippen molar-refractivity contribution in [3.63, 3.8) is 0 Å². The second-order valence-corrected chi connectivity index (χ2v) is 6.02. The maximum atomic E-state index is 12.1. The fraction of sp³-hybridized carbons (Fsp3) is 0.353. The van der Waals surface area contributed by atoms with E-state index in [9.17, 15) is 4.79 Å². The Hall–Kier alpha value is -1.78. The lowest BCUT2D eigenvalue weighted by atomic mass is 10.1. The van der Waals surface area contributed by atoms with E-state index in [1.807, 2.05) is 12.1 Å². The second kappa shape index (κ2) is 6.55. The van der Waals surface area contributed by atoms with Crippen molar-refractivity contribution in [2.45, 2.75) is 18.9 Å². The van der Waals surface area contributed by atoms with Crippen LogP contribution in [-0.4, -0.2) is 37.1 Å². The van der Waals surface area contributed by atoms with Crippen LogP contribution in [0, 0.1) is 0 Å². The number of piperidine rings is 1. The Labute approximate surface area is 134 Å². The average molecular weight is 320 g/mol. The van der Waals surface area contributed by atoms with Crippen LogP contribution in [0.5, 0.6) is 0 Å². The fourth-order valence-corrected chi connectivity index (χ4v) is 2.66. The number of carbonyl (C=O) groups is 1. The molecule has 22 heavy (non-hydrogen) atoms. The third-order valence-electron chi connectivity index (χ3n) is 3.88. The molecule has 0 aliphatic carbocycles. The molecule has 1 aliphatic rings. The highest BCUT2D eigenvalue weighted by Crippen LogP contribution is 2.24. The van der Waals surface area contributed by atoms with E-state index in [1.54, 1.807) is 24.3 Å². The summed E-state index contributed by atoms with van der Waals surface area (Å²) in [4.78, 5) is 14.4. The zero-order valence-corrected chi connectivity index (χ0v) is 13.2. The van der Waals surface area contributed by atoms with Crippen LogP contribution in [0.2, 0.25) is 5.02 Å². The SMILES string of the molecule is CN1CCC(OC(=O)c2ccc(-c3ccc(Cl)cc3)o2)CC1. The van der Waals surface area contributed by atoms with E-state index in [2.05, 4.69) is 11.9 Å². The molecule has 0 saturated carbocycles. The lowest BCUT2D eigenvalue weighted by molar-refractivity contribution is 0.0108. The van der Waals surface area contributed by atoms with E-state index >= 15 is 0 Å². The number of hydrogen-bond acceptors (Lipinski definition) is 4. The molecule has 0 spiro atoms. The first-order valence-corrected chi connectivity index (χ1v) is 7.75. The molecule has 1 aliphatic heterocycles. The summed E-state index contributed by atoms with van der Waals surface area (Å²) < 4.78 is 11.1. The molecule has 0 radical (unpaired) electrons. The Morgan fingerprint density at radius 2 is 1.86 bits per heavy atom. The van der Waals surface area contributed by atoms with Crippen LogP contribution < -0.4 is 0 Å². The van der Waals surface area contributed by atoms with Crippen LogP contribution in [-0.2, 0) is 4.74 Å². The minimum atomic E-state index is -0.394. The molecule has 0 unspecified atom stereocenters. The van der Waals surface area contributed by atoms with Crippen molar-refractivity contribution >= 4 is 17.6 Å². The number of halogens is 1. The summed E-state index contributed by atoms with van der Waals surface area (Å²) in [5, 5.41) is 0.664. The predicted octanol–water partition coefficient (Wildman–Crippen LogP) is 3.85. The van der Waals surface area contributed by atoms with Crippen molar-refractivity contribution in [1.82, 2.24) is 4.90 Å². The first-order valence-electron chi connectivity index (χ1n) is 7.37. The van der Waals surface area contributed by atoms with Gasteiger partial charge >= 0.3 is 5.97 Å². The van der Waals surface area contributed by atoms with Crippen molar-refractivity contribution in [2.75, 3.05) is 20.1 Å². The van der Waals surface area contributed by atoms with E-state index in [0.29, 0.717) is 10.8 Å². The summed E-state index contributed by atoms with van der Waals surface area (Å²) in [6, 6.07) is 10.7. The smallest absolute Gasteiger partial charge is 0.374 e. The molecule has 5 heteroatoms. The van der Waals surface area contributed by atoms with Gasteiger partial charge in [-0.15, -0.1) is 0 Å². The zero-order valence-electron chi connectivity index (χ0n) is 12.4. The third kappa shape index (κ3) is 3.51. The molecule has 1 aromatic carbocycles. The van der Waals surface area contributed by atoms with Crippen LogP contribution >= 0.6 is 11.6 Å². The maximum absolute atomic E-state index is 12.1. The van der Waals surface area contributed by atoms with E-state index in [-0.39, 0.29) is 11.9 Å². The van der Waals surface area contributed by atoms with E-state index in [1.165, 1.54) is 0 Å². The van der Waals surface area contributed by atoms with Gasteiger partial charge in [0.05, 0.1) is 0 Å². The molecule has 0 atom stereocenters. The Morgan fingerprint density at radius 3 is 2.55 bits per heavy atom. The number of ether oxygens (including phenoxy) is 1. The van der Waals surface area contributed by atoms with Gasteiger partial charge < -0.3 is 14.1 Å². The molecular weight excluding hydrogens is 302 g/mol. The lowest BCUT2D eigenvalue weighted by Gasteiger charge is -2.28. The molecule has 0 bridgehead atoms. The summed E-state index contributed by atoms with van der Waals surface area (Å²) >= 11 is 5.87. The molecule has 4 nitrogen and oxygen atoms in total. The van der Waals surface area contributed by atoms with Crippen LogP contribution in [0.3, 0.4) is 0 Å². The number of rotatable bonds is 3. The van der Waals surface area contributed by atoms with E-state index < -0.39 is 5.97 Å². The van der Waals surface area contributed by atoms with E-state index in [0.717, 1.165) is 31.5 Å². The second-order valence-electron chi connectivity index (χ2n) is 5.58. The molecule has 2 heterocycles. The Morgan fingerprint density at radius 1 is 1.18 bits per heavy atom. The summed E-state index contributed by atoms with van der Waals surface area (Å²) in [5.41, 5.74) is 0.878. The summed E-state index contributed by atoms with van der Waals surface area (Å²) in [5.74, 6) is 0.477. The largest absolute Gasteiger partial charge is 0.456 e. The quantitative estimate of drug-likeness (QED) is 0.806. The van der Waals surface area contributed by atoms with Crippen LogP contribution in [0.15, 0.2) is 40.8 Å². The monoisotopic (exact) mass is 319 g/mol. The normalized spacial score (nSPS) is 16.6. The Balaban J connectivity index is 1.65. The predicted molar refractivity (Wildman–Crippen MR) is 85.1 cm³/mol. The first-order chi connectivity index (χ1) is 10.6. The van der Waals surface area contributed by atoms with Gasteiger partial charge in [0, 0.05) is 23.7 Å². The topological polar surface area (TPSA) is 42.7 Å². The zero-order chi connectivity index (χ0) is 15.5. The first kappa shape index (κ1) is 15.1. The standard InChI is InChI=1S/C17H18ClNO3/c1-19-10-8-14(9-11-19)21-17(20)16-7-6-15(22-16)12-2-4-13(18)5-3-12/h2-7,14H,8-11H2,1H3. The van der Waals surface area contributed by atoms with Crippen LogP contribution in [0.4, 0.5) is 0 Å². The molecular formula is C17H18ClNO3. The molecule has 1 aromatic heterocycles. The van der Waals surface area contributed by atoms with Gasteiger partial charge in [0.2, 0.25) is 5.76 Å². The van der Waals surface area contributed by atoms with Crippen molar-refractivity contribution in [3.8, 4) is 11.3 Å². The summed E-state index contributed by atoms with van der Waals surface area (Å²) in [6.45, 7) is 1.90. The number of furan rings is 1. The summed E-state index contributed by atoms with van der Waals surface area (Å²) in [7, 11) is 2.07. The minimum Gasteiger partial charge on any atom is -0.456 e. The van der Waals surface area contributed by atoms with Crippen molar-refractivity contribution in [3.05, 3.63) is 47.2 Å². The molecule has 1 saturated heterocycles. The number of likely N-dealkylation sites (tertiary alicyclic amines) is 1. The van der Waals surface area contributed by atoms with Gasteiger partial charge in [0.1, 0.15) is 11.9 Å². The third-order valence-corrected chi connectivity index (χ3v) is 4.13. The lowest BCUT2D eigenvalue weighted by Crippen LogP contribution is -2.35. The van der Waals surface area contributed by atoms with Gasteiger partial charge in [0.15, 0.2) is 0 Å². The van der Waals surface area contributed by atoms with Gasteiger partial charge in [-0.1, -0.05) is 11.6 Å². The van der Waals surface area contributed by atoms with Gasteiger partial charge in [-0.05, 0) is 56.3 Å². The molecule has 0 N–H and O–H groups in total. The van der Waals surface area contributed by atoms with Crippen LogP contribution in [0.1, 0.15) is 23.4 Å². The van der Waals surface area contributed by atoms with Crippen LogP contribution in [0.25, 0.3) is 11.3 Å². The number of hydrogen-bond donors (Lipinski definition) is 0. The summed E-state index contributed by atoms with van der Waals surface area (Å²) in [6.07, 6.45) is 1.72. The van der Waals surface area contributed by atoms with Crippen molar-refractivity contribution in [2.24, 2.45) is 0 Å². The minimum absolute atomic E-state index is 0.0206. The van der Waals surface area contributed by atoms with E-state index in [4.69, 9.17) is 20.8 Å². The highest BCUT2D eigenvalue weighted by Gasteiger charge is 2.22. The fourth-order valence-electron chi connectivity index (χ4n) is 2.53. The van der Waals surface area contributed by atoms with Gasteiger partial charge in [-0.3, -0.25) is 0 Å². The molecule has 116 valence electrons. The van der Waals surface area contributed by atoms with Gasteiger partial charge in [-0.2, -0.15) is 0 Å². The molecule has 2 aromatic rings. The molecule has 1 fully saturated rings. The average Bonchev–Trinajstić information content (AvgIpc) is 3.00. The molecule has 3 rings (SSSR count).